The molecule has 0 aliphatic carbocycles. The Labute approximate surface area is 177 Å². The van der Waals surface area contributed by atoms with E-state index in [4.69, 9.17) is 30.2 Å². The molecule has 1 unspecified atom stereocenters. The first-order valence-electron chi connectivity index (χ1n) is 9.22. The molecule has 0 spiro atoms. The Bertz CT molecular complexity index is 1090. The third kappa shape index (κ3) is 4.26. The molecule has 2 aromatic carbocycles. The van der Waals surface area contributed by atoms with Crippen molar-refractivity contribution in [2.75, 3.05) is 13.4 Å². The van der Waals surface area contributed by atoms with Gasteiger partial charge >= 0.3 is 5.97 Å². The van der Waals surface area contributed by atoms with Crippen molar-refractivity contribution < 1.29 is 28.2 Å². The summed E-state index contributed by atoms with van der Waals surface area (Å²) >= 11 is 6.14. The van der Waals surface area contributed by atoms with E-state index in [-0.39, 0.29) is 18.6 Å². The molecule has 4 rings (SSSR count). The molecule has 0 fully saturated rings. The van der Waals surface area contributed by atoms with Crippen LogP contribution in [-0.2, 0) is 9.53 Å². The van der Waals surface area contributed by atoms with Gasteiger partial charge in [0.1, 0.15) is 5.76 Å². The molecule has 8 heteroatoms. The fourth-order valence-electron chi connectivity index (χ4n) is 3.00. The van der Waals surface area contributed by atoms with Gasteiger partial charge in [0.25, 0.3) is 5.91 Å². The number of halogens is 1. The van der Waals surface area contributed by atoms with Gasteiger partial charge in [0.05, 0.1) is 11.1 Å². The van der Waals surface area contributed by atoms with Gasteiger partial charge in [-0.15, -0.1) is 0 Å². The summed E-state index contributed by atoms with van der Waals surface area (Å²) in [7, 11) is 0. The predicted octanol–water partition coefficient (Wildman–Crippen LogP) is 4.36. The third-order valence-electron chi connectivity index (χ3n) is 4.55. The lowest BCUT2D eigenvalue weighted by Crippen LogP contribution is -2.31. The fraction of sp³-hybridized carbons (Fsp3) is 0.182. The van der Waals surface area contributed by atoms with Crippen molar-refractivity contribution in [2.45, 2.75) is 13.0 Å². The van der Waals surface area contributed by atoms with Gasteiger partial charge in [-0.25, -0.2) is 4.79 Å². The van der Waals surface area contributed by atoms with Gasteiger partial charge in [-0.05, 0) is 48.9 Å². The van der Waals surface area contributed by atoms with Crippen LogP contribution in [0.5, 0.6) is 11.5 Å². The normalized spacial score (nSPS) is 13.0. The second kappa shape index (κ2) is 8.51. The SMILES string of the molecule is CC(NC(=O)COC(=O)c1ccc(-c2ccccc2Cl)o1)c1ccc2c(c1)OCO2. The molecule has 1 N–H and O–H groups in total. The highest BCUT2D eigenvalue weighted by molar-refractivity contribution is 6.33. The van der Waals surface area contributed by atoms with Crippen LogP contribution in [0.4, 0.5) is 0 Å². The number of rotatable bonds is 6. The highest BCUT2D eigenvalue weighted by Crippen LogP contribution is 2.34. The Kier molecular flexibility index (Phi) is 5.63. The molecule has 0 saturated heterocycles. The highest BCUT2D eigenvalue weighted by Gasteiger charge is 2.19. The second-order valence-corrected chi connectivity index (χ2v) is 7.03. The average molecular weight is 428 g/mol. The van der Waals surface area contributed by atoms with Crippen LogP contribution >= 0.6 is 11.6 Å². The Morgan fingerprint density at radius 1 is 1.10 bits per heavy atom. The molecular weight excluding hydrogens is 410 g/mol. The number of amides is 1. The van der Waals surface area contributed by atoms with Gasteiger partial charge < -0.3 is 23.9 Å². The van der Waals surface area contributed by atoms with Crippen molar-refractivity contribution in [3.05, 3.63) is 70.9 Å². The molecule has 1 aliphatic rings. The second-order valence-electron chi connectivity index (χ2n) is 6.62. The molecule has 0 radical (unpaired) electrons. The predicted molar refractivity (Wildman–Crippen MR) is 109 cm³/mol. The molecular formula is C22H18ClNO6. The minimum absolute atomic E-state index is 0.0125. The van der Waals surface area contributed by atoms with E-state index < -0.39 is 18.5 Å². The van der Waals surface area contributed by atoms with E-state index in [0.29, 0.717) is 27.8 Å². The molecule has 2 heterocycles. The van der Waals surface area contributed by atoms with Crippen LogP contribution in [0.1, 0.15) is 29.1 Å². The smallest absolute Gasteiger partial charge is 0.374 e. The number of esters is 1. The van der Waals surface area contributed by atoms with Gasteiger partial charge in [0.15, 0.2) is 18.1 Å². The number of hydrogen-bond donors (Lipinski definition) is 1. The van der Waals surface area contributed by atoms with Crippen LogP contribution in [0, 0.1) is 0 Å². The van der Waals surface area contributed by atoms with Gasteiger partial charge in [-0.1, -0.05) is 29.8 Å². The lowest BCUT2D eigenvalue weighted by molar-refractivity contribution is -0.124. The highest BCUT2D eigenvalue weighted by atomic mass is 35.5. The average Bonchev–Trinajstić information content (AvgIpc) is 3.41. The van der Waals surface area contributed by atoms with E-state index in [1.165, 1.54) is 6.07 Å². The standard InChI is InChI=1S/C22H18ClNO6/c1-13(14-6-7-18-20(10-14)29-12-28-18)24-21(25)11-27-22(26)19-9-8-17(30-19)15-4-2-3-5-16(15)23/h2-10,13H,11-12H2,1H3,(H,24,25). The summed E-state index contributed by atoms with van der Waals surface area (Å²) in [4.78, 5) is 24.4. The summed E-state index contributed by atoms with van der Waals surface area (Å²) in [6.07, 6.45) is 0. The summed E-state index contributed by atoms with van der Waals surface area (Å²) in [6, 6.07) is 15.3. The van der Waals surface area contributed by atoms with E-state index in [1.807, 2.05) is 19.1 Å². The van der Waals surface area contributed by atoms with E-state index in [2.05, 4.69) is 5.32 Å². The topological polar surface area (TPSA) is 87.0 Å². The number of fused-ring (bicyclic) bond motifs is 1. The molecule has 3 aromatic rings. The van der Waals surface area contributed by atoms with Crippen molar-refractivity contribution in [1.29, 1.82) is 0 Å². The van der Waals surface area contributed by atoms with E-state index in [9.17, 15) is 9.59 Å². The van der Waals surface area contributed by atoms with Gasteiger partial charge in [0.2, 0.25) is 12.6 Å². The number of nitrogens with one attached hydrogen (secondary N) is 1. The molecule has 30 heavy (non-hydrogen) atoms. The summed E-state index contributed by atoms with van der Waals surface area (Å²) in [5.41, 5.74) is 1.50. The van der Waals surface area contributed by atoms with Gasteiger partial charge in [-0.2, -0.15) is 0 Å². The minimum atomic E-state index is -0.737. The van der Waals surface area contributed by atoms with Crippen LogP contribution in [0.3, 0.4) is 0 Å². The van der Waals surface area contributed by atoms with Gasteiger partial charge in [-0.3, -0.25) is 4.79 Å². The number of carbonyl (C=O) groups excluding carboxylic acids is 2. The monoisotopic (exact) mass is 427 g/mol. The Hall–Kier alpha value is -3.45. The number of carbonyl (C=O) groups is 2. The molecule has 1 aliphatic heterocycles. The number of benzene rings is 2. The largest absolute Gasteiger partial charge is 0.454 e. The molecule has 154 valence electrons. The van der Waals surface area contributed by atoms with Crippen LogP contribution in [-0.4, -0.2) is 25.3 Å². The van der Waals surface area contributed by atoms with Crippen molar-refractivity contribution in [3.63, 3.8) is 0 Å². The molecule has 1 aromatic heterocycles. The van der Waals surface area contributed by atoms with Crippen molar-refractivity contribution in [1.82, 2.24) is 5.32 Å². The first-order valence-corrected chi connectivity index (χ1v) is 9.60. The summed E-state index contributed by atoms with van der Waals surface area (Å²) in [6.45, 7) is 1.57. The van der Waals surface area contributed by atoms with E-state index in [1.54, 1.807) is 36.4 Å². The van der Waals surface area contributed by atoms with Crippen molar-refractivity contribution >= 4 is 23.5 Å². The van der Waals surface area contributed by atoms with Crippen LogP contribution in [0.2, 0.25) is 5.02 Å². The maximum absolute atomic E-state index is 12.2. The minimum Gasteiger partial charge on any atom is -0.454 e. The summed E-state index contributed by atoms with van der Waals surface area (Å²) in [5.74, 6) is 0.550. The van der Waals surface area contributed by atoms with Crippen molar-refractivity contribution in [3.8, 4) is 22.8 Å². The zero-order valence-electron chi connectivity index (χ0n) is 16.0. The maximum atomic E-state index is 12.2. The molecule has 7 nitrogen and oxygen atoms in total. The van der Waals surface area contributed by atoms with Crippen LogP contribution < -0.4 is 14.8 Å². The summed E-state index contributed by atoms with van der Waals surface area (Å²) in [5, 5.41) is 3.28. The zero-order valence-corrected chi connectivity index (χ0v) is 16.8. The fourth-order valence-corrected chi connectivity index (χ4v) is 3.23. The first-order chi connectivity index (χ1) is 14.5. The Morgan fingerprint density at radius 2 is 1.90 bits per heavy atom. The number of ether oxygens (including phenoxy) is 3. The Balaban J connectivity index is 1.32. The number of hydrogen-bond acceptors (Lipinski definition) is 6. The zero-order chi connectivity index (χ0) is 21.1. The quantitative estimate of drug-likeness (QED) is 0.588. The molecule has 1 atom stereocenters. The van der Waals surface area contributed by atoms with Crippen LogP contribution in [0.15, 0.2) is 59.0 Å². The summed E-state index contributed by atoms with van der Waals surface area (Å²) < 4.78 is 21.2. The molecule has 1 amide bonds. The van der Waals surface area contributed by atoms with E-state index >= 15 is 0 Å². The first kappa shape index (κ1) is 19.8. The van der Waals surface area contributed by atoms with Crippen LogP contribution in [0.25, 0.3) is 11.3 Å². The Morgan fingerprint density at radius 3 is 2.73 bits per heavy atom. The third-order valence-corrected chi connectivity index (χ3v) is 4.88. The van der Waals surface area contributed by atoms with Gasteiger partial charge in [0, 0.05) is 5.56 Å². The number of furan rings is 1. The lowest BCUT2D eigenvalue weighted by atomic mass is 10.1. The maximum Gasteiger partial charge on any atom is 0.374 e. The molecule has 0 saturated carbocycles. The van der Waals surface area contributed by atoms with Crippen molar-refractivity contribution in [2.24, 2.45) is 0 Å². The lowest BCUT2D eigenvalue weighted by Gasteiger charge is -2.14. The molecule has 0 bridgehead atoms. The van der Waals surface area contributed by atoms with E-state index in [0.717, 1.165) is 5.56 Å².